The number of aryl methyl sites for hydroxylation is 1. The summed E-state index contributed by atoms with van der Waals surface area (Å²) in [4.78, 5) is 14.0. The van der Waals surface area contributed by atoms with E-state index in [1.165, 1.54) is 12.1 Å². The summed E-state index contributed by atoms with van der Waals surface area (Å²) in [6.45, 7) is 1.62. The number of H-pyrrole nitrogens is 1. The van der Waals surface area contributed by atoms with Crippen LogP contribution in [0.4, 0.5) is 8.78 Å². The van der Waals surface area contributed by atoms with E-state index in [-0.39, 0.29) is 16.3 Å². The molecule has 0 amide bonds. The first-order valence-electron chi connectivity index (χ1n) is 4.07. The van der Waals surface area contributed by atoms with Crippen LogP contribution in [0.3, 0.4) is 0 Å². The van der Waals surface area contributed by atoms with Crippen molar-refractivity contribution >= 4 is 10.9 Å². The molecule has 1 aromatic heterocycles. The Labute approximate surface area is 78.2 Å². The average molecular weight is 195 g/mol. The van der Waals surface area contributed by atoms with Crippen molar-refractivity contribution in [1.82, 2.24) is 4.98 Å². The second-order valence-corrected chi connectivity index (χ2v) is 3.10. The van der Waals surface area contributed by atoms with Crippen molar-refractivity contribution in [3.63, 3.8) is 0 Å². The highest BCUT2D eigenvalue weighted by molar-refractivity contribution is 5.79. The van der Waals surface area contributed by atoms with E-state index >= 15 is 0 Å². The van der Waals surface area contributed by atoms with Gasteiger partial charge in [-0.3, -0.25) is 4.79 Å². The van der Waals surface area contributed by atoms with Gasteiger partial charge < -0.3 is 4.98 Å². The summed E-state index contributed by atoms with van der Waals surface area (Å²) >= 11 is 0. The topological polar surface area (TPSA) is 32.9 Å². The number of aromatic nitrogens is 1. The molecule has 14 heavy (non-hydrogen) atoms. The van der Waals surface area contributed by atoms with Gasteiger partial charge in [-0.25, -0.2) is 8.78 Å². The lowest BCUT2D eigenvalue weighted by Gasteiger charge is -2.01. The highest BCUT2D eigenvalue weighted by atomic mass is 19.2. The van der Waals surface area contributed by atoms with E-state index < -0.39 is 11.6 Å². The van der Waals surface area contributed by atoms with Gasteiger partial charge in [0.1, 0.15) is 0 Å². The van der Waals surface area contributed by atoms with Gasteiger partial charge in [-0.1, -0.05) is 0 Å². The predicted octanol–water partition coefficient (Wildman–Crippen LogP) is 2.11. The van der Waals surface area contributed by atoms with Crippen molar-refractivity contribution in [3.8, 4) is 0 Å². The lowest BCUT2D eigenvalue weighted by Crippen LogP contribution is -2.05. The van der Waals surface area contributed by atoms with Gasteiger partial charge in [0.25, 0.3) is 0 Å². The van der Waals surface area contributed by atoms with E-state index in [1.54, 1.807) is 6.92 Å². The number of hydrogen-bond donors (Lipinski definition) is 1. The molecule has 1 heterocycles. The molecule has 0 spiro atoms. The summed E-state index contributed by atoms with van der Waals surface area (Å²) in [5, 5.41) is 0.162. The summed E-state index contributed by atoms with van der Waals surface area (Å²) in [5.74, 6) is -1.97. The molecular weight excluding hydrogens is 188 g/mol. The lowest BCUT2D eigenvalue weighted by molar-refractivity contribution is 0.515. The standard InChI is InChI=1S/C10H7F2NO/c1-5-4-8(14)6-2-3-7(11)9(12)10(6)13-5/h2-4H,1H3,(H,13,14). The summed E-state index contributed by atoms with van der Waals surface area (Å²) in [6, 6.07) is 3.56. The Morgan fingerprint density at radius 2 is 2.00 bits per heavy atom. The molecule has 0 saturated heterocycles. The molecule has 0 aliphatic heterocycles. The van der Waals surface area contributed by atoms with E-state index in [0.29, 0.717) is 5.69 Å². The normalized spacial score (nSPS) is 10.8. The molecule has 2 aromatic rings. The third kappa shape index (κ3) is 1.19. The molecule has 0 atom stereocenters. The van der Waals surface area contributed by atoms with Gasteiger partial charge in [0.2, 0.25) is 0 Å². The third-order valence-electron chi connectivity index (χ3n) is 2.03. The molecule has 0 aliphatic carbocycles. The Kier molecular flexibility index (Phi) is 1.84. The number of nitrogens with one attached hydrogen (secondary N) is 1. The van der Waals surface area contributed by atoms with Gasteiger partial charge in [0, 0.05) is 17.1 Å². The minimum atomic E-state index is -1.01. The van der Waals surface area contributed by atoms with Crippen LogP contribution in [-0.2, 0) is 0 Å². The van der Waals surface area contributed by atoms with E-state index in [2.05, 4.69) is 4.98 Å². The van der Waals surface area contributed by atoms with Gasteiger partial charge in [-0.05, 0) is 19.1 Å². The third-order valence-corrected chi connectivity index (χ3v) is 2.03. The van der Waals surface area contributed by atoms with Crippen molar-refractivity contribution < 1.29 is 8.78 Å². The second-order valence-electron chi connectivity index (χ2n) is 3.10. The van der Waals surface area contributed by atoms with Crippen molar-refractivity contribution in [3.05, 3.63) is 45.8 Å². The molecule has 2 rings (SSSR count). The molecule has 1 aromatic carbocycles. The molecule has 0 radical (unpaired) electrons. The number of pyridine rings is 1. The van der Waals surface area contributed by atoms with Crippen molar-refractivity contribution in [2.24, 2.45) is 0 Å². The van der Waals surface area contributed by atoms with Crippen LogP contribution < -0.4 is 5.43 Å². The number of hydrogen-bond acceptors (Lipinski definition) is 1. The SMILES string of the molecule is Cc1cc(=O)c2ccc(F)c(F)c2[nH]1. The minimum Gasteiger partial charge on any atom is -0.356 e. The fourth-order valence-electron chi connectivity index (χ4n) is 1.39. The fourth-order valence-corrected chi connectivity index (χ4v) is 1.39. The number of benzene rings is 1. The van der Waals surface area contributed by atoms with Crippen LogP contribution in [0.1, 0.15) is 5.69 Å². The van der Waals surface area contributed by atoms with E-state index in [0.717, 1.165) is 6.07 Å². The van der Waals surface area contributed by atoms with Crippen LogP contribution in [0.2, 0.25) is 0 Å². The molecule has 0 saturated carbocycles. The lowest BCUT2D eigenvalue weighted by atomic mass is 10.2. The maximum Gasteiger partial charge on any atom is 0.189 e. The molecule has 4 heteroatoms. The predicted molar refractivity (Wildman–Crippen MR) is 49.2 cm³/mol. The van der Waals surface area contributed by atoms with Crippen LogP contribution in [0.25, 0.3) is 10.9 Å². The van der Waals surface area contributed by atoms with Crippen LogP contribution >= 0.6 is 0 Å². The summed E-state index contributed by atoms with van der Waals surface area (Å²) in [7, 11) is 0. The maximum atomic E-state index is 13.2. The van der Waals surface area contributed by atoms with Gasteiger partial charge in [-0.15, -0.1) is 0 Å². The quantitative estimate of drug-likeness (QED) is 0.686. The molecule has 0 aliphatic rings. The molecule has 0 unspecified atom stereocenters. The van der Waals surface area contributed by atoms with Crippen LogP contribution in [-0.4, -0.2) is 4.98 Å². The number of rotatable bonds is 0. The molecule has 2 nitrogen and oxygen atoms in total. The summed E-state index contributed by atoms with van der Waals surface area (Å²) in [5.41, 5.74) is 0.122. The highest BCUT2D eigenvalue weighted by Gasteiger charge is 2.09. The first-order valence-corrected chi connectivity index (χ1v) is 4.07. The molecular formula is C10H7F2NO. The monoisotopic (exact) mass is 195 g/mol. The molecule has 0 bridgehead atoms. The highest BCUT2D eigenvalue weighted by Crippen LogP contribution is 2.15. The first-order chi connectivity index (χ1) is 6.59. The van der Waals surface area contributed by atoms with Crippen molar-refractivity contribution in [1.29, 1.82) is 0 Å². The van der Waals surface area contributed by atoms with E-state index in [1.807, 2.05) is 0 Å². The van der Waals surface area contributed by atoms with Crippen molar-refractivity contribution in [2.75, 3.05) is 0 Å². The van der Waals surface area contributed by atoms with Gasteiger partial charge in [0.15, 0.2) is 17.1 Å². The zero-order valence-electron chi connectivity index (χ0n) is 7.40. The average Bonchev–Trinajstić information content (AvgIpc) is 2.12. The Bertz CT molecular complexity index is 560. The van der Waals surface area contributed by atoms with E-state index in [4.69, 9.17) is 0 Å². The summed E-state index contributed by atoms with van der Waals surface area (Å²) in [6.07, 6.45) is 0. The zero-order chi connectivity index (χ0) is 10.3. The van der Waals surface area contributed by atoms with Crippen molar-refractivity contribution in [2.45, 2.75) is 6.92 Å². The zero-order valence-corrected chi connectivity index (χ0v) is 7.40. The fraction of sp³-hybridized carbons (Fsp3) is 0.100. The van der Waals surface area contributed by atoms with Gasteiger partial charge in [-0.2, -0.15) is 0 Å². The Morgan fingerprint density at radius 1 is 1.29 bits per heavy atom. The Hall–Kier alpha value is -1.71. The van der Waals surface area contributed by atoms with Crippen LogP contribution in [0.15, 0.2) is 23.0 Å². The van der Waals surface area contributed by atoms with Crippen LogP contribution in [0, 0.1) is 18.6 Å². The first kappa shape index (κ1) is 8.87. The second kappa shape index (κ2) is 2.90. The van der Waals surface area contributed by atoms with Gasteiger partial charge >= 0.3 is 0 Å². The Morgan fingerprint density at radius 3 is 2.71 bits per heavy atom. The largest absolute Gasteiger partial charge is 0.356 e. The maximum absolute atomic E-state index is 13.2. The van der Waals surface area contributed by atoms with Crippen LogP contribution in [0.5, 0.6) is 0 Å². The van der Waals surface area contributed by atoms with E-state index in [9.17, 15) is 13.6 Å². The Balaban J connectivity index is 3.03. The van der Waals surface area contributed by atoms with Gasteiger partial charge in [0.05, 0.1) is 5.52 Å². The number of halogens is 2. The minimum absolute atomic E-state index is 0.0741. The smallest absolute Gasteiger partial charge is 0.189 e. The number of aromatic amines is 1. The molecule has 0 fully saturated rings. The molecule has 72 valence electrons. The number of fused-ring (bicyclic) bond motifs is 1. The molecule has 1 N–H and O–H groups in total. The summed E-state index contributed by atoms with van der Waals surface area (Å²) < 4.78 is 26.0.